The number of hydrogen-bond donors (Lipinski definition) is 0. The number of methoxy groups -OCH3 is 2. The molecule has 0 aliphatic carbocycles. The maximum Gasteiger partial charge on any atom is 0.339 e. The molecule has 0 aromatic heterocycles. The van der Waals surface area contributed by atoms with Crippen LogP contribution in [0.1, 0.15) is 16.7 Å². The fourth-order valence-corrected chi connectivity index (χ4v) is 2.47. The second-order valence-electron chi connectivity index (χ2n) is 4.91. The third-order valence-electron chi connectivity index (χ3n) is 3.59. The number of ether oxygens (including phenoxy) is 3. The van der Waals surface area contributed by atoms with Gasteiger partial charge in [-0.05, 0) is 29.3 Å². The SMILES string of the molecule is COc1cc2c(cc1OC)/C(=C\c1ccccc1)C(=O)OC2. The van der Waals surface area contributed by atoms with E-state index in [9.17, 15) is 4.79 Å². The van der Waals surface area contributed by atoms with Crippen LogP contribution in [0, 0.1) is 0 Å². The van der Waals surface area contributed by atoms with Gasteiger partial charge >= 0.3 is 5.97 Å². The second-order valence-corrected chi connectivity index (χ2v) is 4.91. The van der Waals surface area contributed by atoms with Gasteiger partial charge in [0.05, 0.1) is 19.8 Å². The van der Waals surface area contributed by atoms with Crippen LogP contribution in [-0.4, -0.2) is 20.2 Å². The molecule has 112 valence electrons. The zero-order chi connectivity index (χ0) is 15.5. The van der Waals surface area contributed by atoms with E-state index in [4.69, 9.17) is 14.2 Å². The minimum absolute atomic E-state index is 0.237. The van der Waals surface area contributed by atoms with Crippen molar-refractivity contribution in [3.8, 4) is 11.5 Å². The van der Waals surface area contributed by atoms with Crippen molar-refractivity contribution in [1.29, 1.82) is 0 Å². The van der Waals surface area contributed by atoms with Gasteiger partial charge in [-0.3, -0.25) is 0 Å². The van der Waals surface area contributed by atoms with E-state index in [0.29, 0.717) is 17.1 Å². The van der Waals surface area contributed by atoms with Gasteiger partial charge in [0.15, 0.2) is 11.5 Å². The Hall–Kier alpha value is -2.75. The van der Waals surface area contributed by atoms with Crippen molar-refractivity contribution in [3.05, 3.63) is 59.2 Å². The van der Waals surface area contributed by atoms with Gasteiger partial charge in [-0.15, -0.1) is 0 Å². The summed E-state index contributed by atoms with van der Waals surface area (Å²) in [5, 5.41) is 0. The number of hydrogen-bond acceptors (Lipinski definition) is 4. The molecule has 4 heteroatoms. The summed E-state index contributed by atoms with van der Waals surface area (Å²) in [6.07, 6.45) is 1.83. The Bertz CT molecular complexity index is 732. The summed E-state index contributed by atoms with van der Waals surface area (Å²) >= 11 is 0. The Morgan fingerprint density at radius 1 is 1.05 bits per heavy atom. The van der Waals surface area contributed by atoms with E-state index in [1.807, 2.05) is 48.5 Å². The number of carbonyl (C=O) groups is 1. The van der Waals surface area contributed by atoms with E-state index in [2.05, 4.69) is 0 Å². The number of benzene rings is 2. The summed E-state index contributed by atoms with van der Waals surface area (Å²) in [6, 6.07) is 13.3. The first kappa shape index (κ1) is 14.2. The molecule has 0 radical (unpaired) electrons. The lowest BCUT2D eigenvalue weighted by atomic mass is 9.95. The number of rotatable bonds is 3. The molecule has 4 nitrogen and oxygen atoms in total. The molecule has 1 aliphatic rings. The third-order valence-corrected chi connectivity index (χ3v) is 3.59. The van der Waals surface area contributed by atoms with Gasteiger partial charge in [-0.2, -0.15) is 0 Å². The average molecular weight is 296 g/mol. The van der Waals surface area contributed by atoms with Crippen LogP contribution in [0.3, 0.4) is 0 Å². The van der Waals surface area contributed by atoms with E-state index < -0.39 is 0 Å². The highest BCUT2D eigenvalue weighted by atomic mass is 16.5. The molecule has 0 fully saturated rings. The van der Waals surface area contributed by atoms with Crippen LogP contribution in [0.15, 0.2) is 42.5 Å². The molecule has 1 aliphatic heterocycles. The molecule has 2 aromatic carbocycles. The van der Waals surface area contributed by atoms with Crippen molar-refractivity contribution in [2.75, 3.05) is 14.2 Å². The van der Waals surface area contributed by atoms with Gasteiger partial charge in [0.2, 0.25) is 0 Å². The van der Waals surface area contributed by atoms with E-state index in [1.54, 1.807) is 14.2 Å². The number of esters is 1. The lowest BCUT2D eigenvalue weighted by Crippen LogP contribution is -2.15. The van der Waals surface area contributed by atoms with Crippen molar-refractivity contribution < 1.29 is 19.0 Å². The van der Waals surface area contributed by atoms with Gasteiger partial charge in [-0.1, -0.05) is 30.3 Å². The average Bonchev–Trinajstić information content (AvgIpc) is 2.57. The fraction of sp³-hybridized carbons (Fsp3) is 0.167. The topological polar surface area (TPSA) is 44.8 Å². The lowest BCUT2D eigenvalue weighted by Gasteiger charge is -2.21. The van der Waals surface area contributed by atoms with Gasteiger partial charge in [-0.25, -0.2) is 4.79 Å². The van der Waals surface area contributed by atoms with Crippen LogP contribution in [0.4, 0.5) is 0 Å². The first-order valence-corrected chi connectivity index (χ1v) is 6.92. The first-order chi connectivity index (χ1) is 10.7. The molecular weight excluding hydrogens is 280 g/mol. The zero-order valence-corrected chi connectivity index (χ0v) is 12.5. The molecule has 0 bridgehead atoms. The van der Waals surface area contributed by atoms with E-state index >= 15 is 0 Å². The quantitative estimate of drug-likeness (QED) is 0.644. The molecule has 1 heterocycles. The fourth-order valence-electron chi connectivity index (χ4n) is 2.47. The minimum Gasteiger partial charge on any atom is -0.493 e. The van der Waals surface area contributed by atoms with Gasteiger partial charge < -0.3 is 14.2 Å². The van der Waals surface area contributed by atoms with Crippen LogP contribution in [0.25, 0.3) is 11.6 Å². The van der Waals surface area contributed by atoms with Gasteiger partial charge in [0.1, 0.15) is 6.61 Å². The highest BCUT2D eigenvalue weighted by Gasteiger charge is 2.25. The molecule has 2 aromatic rings. The Balaban J connectivity index is 2.14. The maximum absolute atomic E-state index is 12.2. The summed E-state index contributed by atoms with van der Waals surface area (Å²) in [5.41, 5.74) is 3.18. The zero-order valence-electron chi connectivity index (χ0n) is 12.5. The van der Waals surface area contributed by atoms with Crippen molar-refractivity contribution in [2.45, 2.75) is 6.61 Å². The predicted molar refractivity (Wildman–Crippen MR) is 83.7 cm³/mol. The van der Waals surface area contributed by atoms with Crippen LogP contribution in [-0.2, 0) is 16.1 Å². The Morgan fingerprint density at radius 3 is 2.41 bits per heavy atom. The van der Waals surface area contributed by atoms with E-state index in [0.717, 1.165) is 16.7 Å². The van der Waals surface area contributed by atoms with Crippen molar-refractivity contribution >= 4 is 17.6 Å². The summed E-state index contributed by atoms with van der Waals surface area (Å²) in [4.78, 5) is 12.2. The number of fused-ring (bicyclic) bond motifs is 1. The van der Waals surface area contributed by atoms with E-state index in [-0.39, 0.29) is 12.6 Å². The van der Waals surface area contributed by atoms with Crippen molar-refractivity contribution in [2.24, 2.45) is 0 Å². The van der Waals surface area contributed by atoms with Gasteiger partial charge in [0, 0.05) is 5.56 Å². The Labute approximate surface area is 128 Å². The van der Waals surface area contributed by atoms with E-state index in [1.165, 1.54) is 0 Å². The lowest BCUT2D eigenvalue weighted by molar-refractivity contribution is -0.138. The van der Waals surface area contributed by atoms with Crippen LogP contribution >= 0.6 is 0 Å². The molecule has 22 heavy (non-hydrogen) atoms. The molecular formula is C18H16O4. The smallest absolute Gasteiger partial charge is 0.339 e. The summed E-state index contributed by atoms with van der Waals surface area (Å²) in [6.45, 7) is 0.237. The summed E-state index contributed by atoms with van der Waals surface area (Å²) in [7, 11) is 3.16. The molecule has 0 spiro atoms. The number of carbonyl (C=O) groups excluding carboxylic acids is 1. The highest BCUT2D eigenvalue weighted by Crippen LogP contribution is 2.37. The monoisotopic (exact) mass is 296 g/mol. The maximum atomic E-state index is 12.2. The standard InChI is InChI=1S/C18H16O4/c1-20-16-9-13-11-22-18(19)15(14(13)10-17(16)21-2)8-12-6-4-3-5-7-12/h3-10H,11H2,1-2H3/b15-8+. The summed E-state index contributed by atoms with van der Waals surface area (Å²) in [5.74, 6) is 0.886. The van der Waals surface area contributed by atoms with Crippen LogP contribution in [0.5, 0.6) is 11.5 Å². The normalized spacial score (nSPS) is 15.2. The second kappa shape index (κ2) is 5.93. The van der Waals surface area contributed by atoms with Crippen molar-refractivity contribution in [1.82, 2.24) is 0 Å². The van der Waals surface area contributed by atoms with Crippen LogP contribution < -0.4 is 9.47 Å². The molecule has 0 atom stereocenters. The highest BCUT2D eigenvalue weighted by molar-refractivity contribution is 6.22. The molecule has 3 rings (SSSR count). The molecule has 0 saturated heterocycles. The van der Waals surface area contributed by atoms with Gasteiger partial charge in [0.25, 0.3) is 0 Å². The molecule has 0 N–H and O–H groups in total. The van der Waals surface area contributed by atoms with Crippen molar-refractivity contribution in [3.63, 3.8) is 0 Å². The molecule has 0 saturated carbocycles. The Morgan fingerprint density at radius 2 is 1.73 bits per heavy atom. The Kier molecular flexibility index (Phi) is 3.83. The summed E-state index contributed by atoms with van der Waals surface area (Å²) < 4.78 is 15.9. The van der Waals surface area contributed by atoms with Crippen LogP contribution in [0.2, 0.25) is 0 Å². The largest absolute Gasteiger partial charge is 0.493 e. The predicted octanol–water partition coefficient (Wildman–Crippen LogP) is 3.30. The first-order valence-electron chi connectivity index (χ1n) is 6.92. The molecule has 0 unspecified atom stereocenters. The number of cyclic esters (lactones) is 1. The molecule has 0 amide bonds. The minimum atomic E-state index is -0.330. The third kappa shape index (κ3) is 2.55.